The van der Waals surface area contributed by atoms with E-state index in [4.69, 9.17) is 4.74 Å². The molecule has 0 spiro atoms. The fourth-order valence-corrected chi connectivity index (χ4v) is 5.19. The molecule has 1 atom stereocenters. The Balaban J connectivity index is 1.55. The van der Waals surface area contributed by atoms with Crippen molar-refractivity contribution >= 4 is 31.9 Å². The van der Waals surface area contributed by atoms with Crippen LogP contribution in [0.5, 0.6) is 5.75 Å². The van der Waals surface area contributed by atoms with Crippen LogP contribution >= 0.6 is 15.9 Å². The van der Waals surface area contributed by atoms with Crippen molar-refractivity contribution in [2.75, 3.05) is 26.7 Å². The second kappa shape index (κ2) is 9.73. The number of carbonyl (C=O) groups excluding carboxylic acids is 1. The monoisotopic (exact) mass is 480 g/mol. The molecule has 1 N–H and O–H groups in total. The lowest BCUT2D eigenvalue weighted by Crippen LogP contribution is -2.45. The van der Waals surface area contributed by atoms with E-state index in [2.05, 4.69) is 21.2 Å². The van der Waals surface area contributed by atoms with Crippen LogP contribution in [0.1, 0.15) is 18.4 Å². The molecule has 2 aromatic carbocycles. The highest BCUT2D eigenvalue weighted by Crippen LogP contribution is 2.25. The number of carbonyl (C=O) groups is 1. The largest absolute Gasteiger partial charge is 0.497 e. The van der Waals surface area contributed by atoms with Gasteiger partial charge in [-0.15, -0.1) is 0 Å². The maximum absolute atomic E-state index is 12.9. The molecule has 8 heteroatoms. The van der Waals surface area contributed by atoms with Gasteiger partial charge in [-0.25, -0.2) is 8.42 Å². The molecule has 1 heterocycles. The van der Waals surface area contributed by atoms with E-state index in [0.29, 0.717) is 32.4 Å². The lowest BCUT2D eigenvalue weighted by atomic mass is 9.99. The third-order valence-electron chi connectivity index (χ3n) is 5.08. The van der Waals surface area contributed by atoms with Crippen molar-refractivity contribution in [1.82, 2.24) is 9.62 Å². The Morgan fingerprint density at radius 1 is 1.17 bits per heavy atom. The highest BCUT2D eigenvalue weighted by Gasteiger charge is 2.33. The van der Waals surface area contributed by atoms with Crippen molar-refractivity contribution in [3.63, 3.8) is 0 Å². The van der Waals surface area contributed by atoms with Gasteiger partial charge in [-0.3, -0.25) is 4.79 Å². The summed E-state index contributed by atoms with van der Waals surface area (Å²) in [5.74, 6) is 0.381. The van der Waals surface area contributed by atoms with Gasteiger partial charge >= 0.3 is 0 Å². The number of nitrogens with zero attached hydrogens (tertiary/aromatic N) is 1. The average Bonchev–Trinajstić information content (AvgIpc) is 2.74. The lowest BCUT2D eigenvalue weighted by molar-refractivity contribution is -0.126. The van der Waals surface area contributed by atoms with Gasteiger partial charge in [-0.2, -0.15) is 4.31 Å². The SMILES string of the molecule is COc1ccc(CCNC(=O)[C@H]2CCCN(S(=O)(=O)c3ccc(Br)cc3)C2)cc1. The zero-order valence-corrected chi connectivity index (χ0v) is 18.7. The van der Waals surface area contributed by atoms with Crippen LogP contribution in [0.3, 0.4) is 0 Å². The minimum Gasteiger partial charge on any atom is -0.497 e. The summed E-state index contributed by atoms with van der Waals surface area (Å²) < 4.78 is 33.2. The molecule has 3 rings (SSSR count). The van der Waals surface area contributed by atoms with E-state index < -0.39 is 10.0 Å². The van der Waals surface area contributed by atoms with Crippen LogP contribution in [0, 0.1) is 5.92 Å². The summed E-state index contributed by atoms with van der Waals surface area (Å²) >= 11 is 3.32. The third kappa shape index (κ3) is 5.58. The van der Waals surface area contributed by atoms with E-state index in [9.17, 15) is 13.2 Å². The first-order valence-electron chi connectivity index (χ1n) is 9.56. The summed E-state index contributed by atoms with van der Waals surface area (Å²) in [5.41, 5.74) is 1.11. The molecular formula is C21H25BrN2O4S. The van der Waals surface area contributed by atoms with E-state index in [1.807, 2.05) is 24.3 Å². The fourth-order valence-electron chi connectivity index (χ4n) is 3.40. The number of nitrogens with one attached hydrogen (secondary N) is 1. The number of hydrogen-bond donors (Lipinski definition) is 1. The number of ether oxygens (including phenoxy) is 1. The molecular weight excluding hydrogens is 456 g/mol. The number of hydrogen-bond acceptors (Lipinski definition) is 4. The Morgan fingerprint density at radius 3 is 2.52 bits per heavy atom. The first-order chi connectivity index (χ1) is 13.9. The predicted octanol–water partition coefficient (Wildman–Crippen LogP) is 3.22. The molecule has 2 aromatic rings. The molecule has 1 saturated heterocycles. The number of piperidine rings is 1. The van der Waals surface area contributed by atoms with Crippen molar-refractivity contribution in [3.8, 4) is 5.75 Å². The first-order valence-corrected chi connectivity index (χ1v) is 11.8. The quantitative estimate of drug-likeness (QED) is 0.659. The van der Waals surface area contributed by atoms with Crippen molar-refractivity contribution in [2.24, 2.45) is 5.92 Å². The van der Waals surface area contributed by atoms with E-state index >= 15 is 0 Å². The molecule has 0 saturated carbocycles. The maximum Gasteiger partial charge on any atom is 0.243 e. The second-order valence-electron chi connectivity index (χ2n) is 7.05. The standard InChI is InChI=1S/C21H25BrN2O4S/c1-28-19-8-4-16(5-9-19)12-13-23-21(25)17-3-2-14-24(15-17)29(26,27)20-10-6-18(22)7-11-20/h4-11,17H,2-3,12-15H2,1H3,(H,23,25)/t17-/m0/s1. The van der Waals surface area contributed by atoms with Gasteiger partial charge in [0.2, 0.25) is 15.9 Å². The van der Waals surface area contributed by atoms with Gasteiger partial charge in [0.25, 0.3) is 0 Å². The zero-order chi connectivity index (χ0) is 20.9. The van der Waals surface area contributed by atoms with E-state index in [0.717, 1.165) is 15.8 Å². The van der Waals surface area contributed by atoms with Crippen molar-refractivity contribution in [3.05, 3.63) is 58.6 Å². The first kappa shape index (κ1) is 21.8. The summed E-state index contributed by atoms with van der Waals surface area (Å²) in [4.78, 5) is 12.8. The van der Waals surface area contributed by atoms with Gasteiger partial charge < -0.3 is 10.1 Å². The van der Waals surface area contributed by atoms with Crippen molar-refractivity contribution < 1.29 is 17.9 Å². The average molecular weight is 481 g/mol. The van der Waals surface area contributed by atoms with Gasteiger partial charge in [-0.05, 0) is 61.2 Å². The van der Waals surface area contributed by atoms with Crippen LogP contribution in [0.15, 0.2) is 57.9 Å². The number of benzene rings is 2. The van der Waals surface area contributed by atoms with Crippen LogP contribution in [0.4, 0.5) is 0 Å². The second-order valence-corrected chi connectivity index (χ2v) is 9.90. The van der Waals surface area contributed by atoms with Gasteiger partial charge in [-0.1, -0.05) is 28.1 Å². The number of methoxy groups -OCH3 is 1. The van der Waals surface area contributed by atoms with Gasteiger partial charge in [0, 0.05) is 24.1 Å². The zero-order valence-electron chi connectivity index (χ0n) is 16.3. The molecule has 1 aliphatic rings. The Morgan fingerprint density at radius 2 is 1.86 bits per heavy atom. The normalized spacial score (nSPS) is 17.7. The molecule has 0 bridgehead atoms. The van der Waals surface area contributed by atoms with Crippen LogP contribution in [-0.4, -0.2) is 45.4 Å². The predicted molar refractivity (Wildman–Crippen MR) is 115 cm³/mol. The number of halogens is 1. The minimum absolute atomic E-state index is 0.0887. The number of rotatable bonds is 7. The highest BCUT2D eigenvalue weighted by atomic mass is 79.9. The van der Waals surface area contributed by atoms with Gasteiger partial charge in [0.15, 0.2) is 0 Å². The van der Waals surface area contributed by atoms with Gasteiger partial charge in [0.1, 0.15) is 5.75 Å². The Bertz CT molecular complexity index is 930. The molecule has 0 radical (unpaired) electrons. The van der Waals surface area contributed by atoms with E-state index in [1.165, 1.54) is 4.31 Å². The smallest absolute Gasteiger partial charge is 0.243 e. The molecule has 0 unspecified atom stereocenters. The molecule has 29 heavy (non-hydrogen) atoms. The molecule has 0 aromatic heterocycles. The summed E-state index contributed by atoms with van der Waals surface area (Å²) in [6.07, 6.45) is 2.08. The summed E-state index contributed by atoms with van der Waals surface area (Å²) in [6.45, 7) is 1.17. The Labute approximate surface area is 180 Å². The van der Waals surface area contributed by atoms with Crippen molar-refractivity contribution in [1.29, 1.82) is 0 Å². The van der Waals surface area contributed by atoms with Crippen LogP contribution in [-0.2, 0) is 21.2 Å². The Hall–Kier alpha value is -1.90. The topological polar surface area (TPSA) is 75.7 Å². The third-order valence-corrected chi connectivity index (χ3v) is 7.49. The highest BCUT2D eigenvalue weighted by molar-refractivity contribution is 9.10. The van der Waals surface area contributed by atoms with E-state index in [1.54, 1.807) is 31.4 Å². The van der Waals surface area contributed by atoms with Gasteiger partial charge in [0.05, 0.1) is 17.9 Å². The molecule has 6 nitrogen and oxygen atoms in total. The summed E-state index contributed by atoms with van der Waals surface area (Å²) in [5, 5.41) is 2.95. The van der Waals surface area contributed by atoms with Crippen LogP contribution in [0.25, 0.3) is 0 Å². The minimum atomic E-state index is -3.59. The molecule has 156 valence electrons. The Kier molecular flexibility index (Phi) is 7.32. The summed E-state index contributed by atoms with van der Waals surface area (Å²) in [6, 6.07) is 14.3. The van der Waals surface area contributed by atoms with Crippen LogP contribution < -0.4 is 10.1 Å². The molecule has 1 fully saturated rings. The maximum atomic E-state index is 12.9. The molecule has 0 aliphatic carbocycles. The van der Waals surface area contributed by atoms with Crippen LogP contribution in [0.2, 0.25) is 0 Å². The van der Waals surface area contributed by atoms with E-state index in [-0.39, 0.29) is 23.3 Å². The lowest BCUT2D eigenvalue weighted by Gasteiger charge is -2.31. The summed E-state index contributed by atoms with van der Waals surface area (Å²) in [7, 11) is -1.97. The number of sulfonamides is 1. The number of amides is 1. The molecule has 1 aliphatic heterocycles. The van der Waals surface area contributed by atoms with Crippen molar-refractivity contribution in [2.45, 2.75) is 24.2 Å². The molecule has 1 amide bonds. The fraction of sp³-hybridized carbons (Fsp3) is 0.381.